The van der Waals surface area contributed by atoms with Gasteiger partial charge in [0.1, 0.15) is 0 Å². The molecule has 0 aromatic heterocycles. The molecule has 0 heterocycles. The van der Waals surface area contributed by atoms with E-state index in [9.17, 15) is 4.79 Å². The number of carbonyl (C=O) groups excluding carboxylic acids is 1. The molecule has 0 bridgehead atoms. The van der Waals surface area contributed by atoms with Crippen LogP contribution in [0.5, 0.6) is 0 Å². The summed E-state index contributed by atoms with van der Waals surface area (Å²) < 4.78 is 0. The molecule has 0 spiro atoms. The minimum Gasteiger partial charge on any atom is -0.332 e. The summed E-state index contributed by atoms with van der Waals surface area (Å²) in [4.78, 5) is 12.1. The Labute approximate surface area is 135 Å². The number of hydrogen-bond acceptors (Lipinski definition) is 1. The van der Waals surface area contributed by atoms with Gasteiger partial charge < -0.3 is 10.6 Å². The van der Waals surface area contributed by atoms with Gasteiger partial charge in [0.25, 0.3) is 0 Å². The van der Waals surface area contributed by atoms with Crippen molar-refractivity contribution >= 4 is 34.9 Å². The molecule has 114 valence electrons. The number of benzene rings is 1. The van der Waals surface area contributed by atoms with Crippen LogP contribution in [0.2, 0.25) is 10.0 Å². The number of allylic oxidation sites excluding steroid dienone is 1. The molecular formula is C16H20Cl2N2O. The fraction of sp³-hybridized carbons (Fsp3) is 0.438. The van der Waals surface area contributed by atoms with Crippen molar-refractivity contribution in [2.24, 2.45) is 5.41 Å². The highest BCUT2D eigenvalue weighted by molar-refractivity contribution is 6.42. The summed E-state index contributed by atoms with van der Waals surface area (Å²) in [5.41, 5.74) is 2.14. The van der Waals surface area contributed by atoms with Gasteiger partial charge in [-0.2, -0.15) is 0 Å². The average molecular weight is 327 g/mol. The lowest BCUT2D eigenvalue weighted by Gasteiger charge is -2.34. The predicted octanol–water partition coefficient (Wildman–Crippen LogP) is 5.25. The van der Waals surface area contributed by atoms with Crippen molar-refractivity contribution in [2.45, 2.75) is 39.7 Å². The lowest BCUT2D eigenvalue weighted by Crippen LogP contribution is -2.41. The van der Waals surface area contributed by atoms with E-state index in [1.54, 1.807) is 18.2 Å². The molecule has 1 aromatic carbocycles. The van der Waals surface area contributed by atoms with E-state index in [1.807, 2.05) is 0 Å². The third-order valence-corrected chi connectivity index (χ3v) is 4.25. The molecule has 1 aliphatic carbocycles. The Bertz CT molecular complexity index is 582. The normalized spacial score (nSPS) is 20.6. The van der Waals surface area contributed by atoms with E-state index in [1.165, 1.54) is 5.57 Å². The van der Waals surface area contributed by atoms with Gasteiger partial charge in [-0.25, -0.2) is 4.79 Å². The topological polar surface area (TPSA) is 41.1 Å². The van der Waals surface area contributed by atoms with Crippen molar-refractivity contribution < 1.29 is 4.79 Å². The van der Waals surface area contributed by atoms with Crippen LogP contribution in [0, 0.1) is 5.41 Å². The molecule has 5 heteroatoms. The molecule has 1 aromatic rings. The van der Waals surface area contributed by atoms with Crippen LogP contribution in [0.15, 0.2) is 29.8 Å². The molecule has 2 N–H and O–H groups in total. The number of halogens is 2. The fourth-order valence-corrected chi connectivity index (χ4v) is 3.18. The molecule has 21 heavy (non-hydrogen) atoms. The van der Waals surface area contributed by atoms with Crippen LogP contribution in [0.3, 0.4) is 0 Å². The molecule has 2 rings (SSSR count). The van der Waals surface area contributed by atoms with Crippen LogP contribution in [-0.2, 0) is 0 Å². The molecule has 0 fully saturated rings. The number of amides is 2. The SMILES string of the molecule is CC1=CC(NC(=O)Nc2ccc(Cl)c(Cl)c2)CC(C)(C)C1. The van der Waals surface area contributed by atoms with E-state index in [-0.39, 0.29) is 17.5 Å². The summed E-state index contributed by atoms with van der Waals surface area (Å²) in [6.07, 6.45) is 4.12. The van der Waals surface area contributed by atoms with E-state index >= 15 is 0 Å². The van der Waals surface area contributed by atoms with E-state index < -0.39 is 0 Å². The maximum atomic E-state index is 12.1. The van der Waals surface area contributed by atoms with Crippen LogP contribution >= 0.6 is 23.2 Å². The molecule has 1 unspecified atom stereocenters. The highest BCUT2D eigenvalue weighted by Crippen LogP contribution is 2.35. The first-order chi connectivity index (χ1) is 9.75. The lowest BCUT2D eigenvalue weighted by molar-refractivity contribution is 0.240. The highest BCUT2D eigenvalue weighted by atomic mass is 35.5. The molecule has 0 saturated heterocycles. The highest BCUT2D eigenvalue weighted by Gasteiger charge is 2.27. The van der Waals surface area contributed by atoms with Gasteiger partial charge in [-0.15, -0.1) is 0 Å². The summed E-state index contributed by atoms with van der Waals surface area (Å²) in [5, 5.41) is 6.65. The van der Waals surface area contributed by atoms with Gasteiger partial charge in [-0.05, 0) is 43.4 Å². The van der Waals surface area contributed by atoms with E-state index in [2.05, 4.69) is 37.5 Å². The Balaban J connectivity index is 1.98. The van der Waals surface area contributed by atoms with Crippen molar-refractivity contribution in [1.82, 2.24) is 5.32 Å². The quantitative estimate of drug-likeness (QED) is 0.716. The van der Waals surface area contributed by atoms with Crippen LogP contribution in [0.1, 0.15) is 33.6 Å². The van der Waals surface area contributed by atoms with Gasteiger partial charge >= 0.3 is 6.03 Å². The van der Waals surface area contributed by atoms with Gasteiger partial charge in [-0.3, -0.25) is 0 Å². The average Bonchev–Trinajstić information content (AvgIpc) is 2.31. The Morgan fingerprint density at radius 3 is 2.62 bits per heavy atom. The Morgan fingerprint density at radius 2 is 2.00 bits per heavy atom. The lowest BCUT2D eigenvalue weighted by atomic mass is 9.76. The molecule has 1 aliphatic rings. The number of urea groups is 1. The third-order valence-electron chi connectivity index (χ3n) is 3.51. The van der Waals surface area contributed by atoms with Crippen LogP contribution in [0.25, 0.3) is 0 Å². The number of carbonyl (C=O) groups is 1. The zero-order chi connectivity index (χ0) is 15.6. The second kappa shape index (κ2) is 6.29. The zero-order valence-corrected chi connectivity index (χ0v) is 14.0. The molecule has 0 saturated carbocycles. The molecular weight excluding hydrogens is 307 g/mol. The first kappa shape index (κ1) is 16.2. The first-order valence-electron chi connectivity index (χ1n) is 6.95. The van der Waals surface area contributed by atoms with Crippen molar-refractivity contribution in [3.05, 3.63) is 39.9 Å². The third kappa shape index (κ3) is 4.65. The first-order valence-corrected chi connectivity index (χ1v) is 7.71. The van der Waals surface area contributed by atoms with Crippen molar-refractivity contribution in [3.8, 4) is 0 Å². The Kier molecular flexibility index (Phi) is 4.84. The smallest absolute Gasteiger partial charge is 0.319 e. The maximum Gasteiger partial charge on any atom is 0.319 e. The molecule has 1 atom stereocenters. The minimum absolute atomic E-state index is 0.0523. The van der Waals surface area contributed by atoms with Crippen molar-refractivity contribution in [3.63, 3.8) is 0 Å². The van der Waals surface area contributed by atoms with E-state index in [4.69, 9.17) is 23.2 Å². The van der Waals surface area contributed by atoms with Crippen LogP contribution < -0.4 is 10.6 Å². The summed E-state index contributed by atoms with van der Waals surface area (Å²) >= 11 is 11.8. The van der Waals surface area contributed by atoms with Gasteiger partial charge in [0.2, 0.25) is 0 Å². The second-order valence-corrected chi connectivity index (χ2v) is 7.21. The number of hydrogen-bond donors (Lipinski definition) is 2. The van der Waals surface area contributed by atoms with E-state index in [0.717, 1.165) is 12.8 Å². The molecule has 0 aliphatic heterocycles. The molecule has 3 nitrogen and oxygen atoms in total. The monoisotopic (exact) mass is 326 g/mol. The Morgan fingerprint density at radius 1 is 1.29 bits per heavy atom. The number of anilines is 1. The second-order valence-electron chi connectivity index (χ2n) is 6.39. The van der Waals surface area contributed by atoms with Crippen molar-refractivity contribution in [1.29, 1.82) is 0 Å². The van der Waals surface area contributed by atoms with Gasteiger partial charge in [-0.1, -0.05) is 48.7 Å². The molecule has 2 amide bonds. The zero-order valence-electron chi connectivity index (χ0n) is 12.5. The van der Waals surface area contributed by atoms with Crippen LogP contribution in [0.4, 0.5) is 10.5 Å². The minimum atomic E-state index is -0.236. The summed E-state index contributed by atoms with van der Waals surface area (Å²) in [7, 11) is 0. The largest absolute Gasteiger partial charge is 0.332 e. The van der Waals surface area contributed by atoms with Gasteiger partial charge in [0.15, 0.2) is 0 Å². The van der Waals surface area contributed by atoms with Gasteiger partial charge in [0, 0.05) is 11.7 Å². The van der Waals surface area contributed by atoms with Gasteiger partial charge in [0.05, 0.1) is 10.0 Å². The maximum absolute atomic E-state index is 12.1. The standard InChI is InChI=1S/C16H20Cl2N2O/c1-10-6-12(9-16(2,3)8-10)20-15(21)19-11-4-5-13(17)14(18)7-11/h4-7,12H,8-9H2,1-3H3,(H2,19,20,21). The predicted molar refractivity (Wildman–Crippen MR) is 89.2 cm³/mol. The summed E-state index contributed by atoms with van der Waals surface area (Å²) in [6, 6.07) is 4.83. The van der Waals surface area contributed by atoms with E-state index in [0.29, 0.717) is 15.7 Å². The van der Waals surface area contributed by atoms with Crippen LogP contribution in [-0.4, -0.2) is 12.1 Å². The summed E-state index contributed by atoms with van der Waals surface area (Å²) in [6.45, 7) is 6.54. The fourth-order valence-electron chi connectivity index (χ4n) is 2.89. The van der Waals surface area contributed by atoms with Crippen molar-refractivity contribution in [2.75, 3.05) is 5.32 Å². The molecule has 0 radical (unpaired) electrons. The Hall–Kier alpha value is -1.19. The summed E-state index contributed by atoms with van der Waals surface area (Å²) in [5.74, 6) is 0. The number of rotatable bonds is 2. The number of nitrogens with one attached hydrogen (secondary N) is 2.